The summed E-state index contributed by atoms with van der Waals surface area (Å²) in [6, 6.07) is 23.4. The highest BCUT2D eigenvalue weighted by molar-refractivity contribution is 5.85. The second-order valence-corrected chi connectivity index (χ2v) is 7.92. The van der Waals surface area contributed by atoms with Crippen molar-refractivity contribution in [2.45, 2.75) is 32.9 Å². The van der Waals surface area contributed by atoms with E-state index in [-0.39, 0.29) is 11.8 Å². The highest BCUT2D eigenvalue weighted by Gasteiger charge is 2.25. The summed E-state index contributed by atoms with van der Waals surface area (Å²) in [5.41, 5.74) is 3.74. The van der Waals surface area contributed by atoms with Crippen molar-refractivity contribution in [1.29, 1.82) is 0 Å². The van der Waals surface area contributed by atoms with Crippen LogP contribution in [0.25, 0.3) is 10.8 Å². The number of piperidine rings is 1. The second kappa shape index (κ2) is 8.57. The Hall–Kier alpha value is -2.65. The zero-order valence-corrected chi connectivity index (χ0v) is 16.5. The third kappa shape index (κ3) is 4.42. The van der Waals surface area contributed by atoms with Gasteiger partial charge in [0.2, 0.25) is 5.91 Å². The van der Waals surface area contributed by atoms with Gasteiger partial charge in [-0.1, -0.05) is 72.3 Å². The van der Waals surface area contributed by atoms with Crippen LogP contribution in [-0.2, 0) is 17.9 Å². The lowest BCUT2D eigenvalue weighted by Crippen LogP contribution is -2.42. The van der Waals surface area contributed by atoms with Crippen LogP contribution < -0.4 is 5.32 Å². The molecular weight excluding hydrogens is 344 g/mol. The van der Waals surface area contributed by atoms with Crippen LogP contribution in [0.2, 0.25) is 0 Å². The van der Waals surface area contributed by atoms with Crippen molar-refractivity contribution in [2.75, 3.05) is 13.1 Å². The van der Waals surface area contributed by atoms with Crippen molar-refractivity contribution in [3.05, 3.63) is 83.4 Å². The Balaban J connectivity index is 1.37. The molecule has 1 amide bonds. The van der Waals surface area contributed by atoms with Gasteiger partial charge in [-0.25, -0.2) is 0 Å². The van der Waals surface area contributed by atoms with E-state index < -0.39 is 0 Å². The lowest BCUT2D eigenvalue weighted by atomic mass is 9.96. The maximum absolute atomic E-state index is 12.7. The van der Waals surface area contributed by atoms with Crippen LogP contribution in [0.3, 0.4) is 0 Å². The van der Waals surface area contributed by atoms with E-state index in [9.17, 15) is 4.79 Å². The maximum Gasteiger partial charge on any atom is 0.224 e. The van der Waals surface area contributed by atoms with Crippen molar-refractivity contribution < 1.29 is 4.79 Å². The summed E-state index contributed by atoms with van der Waals surface area (Å²) in [6.45, 7) is 5.49. The predicted octanol–water partition coefficient (Wildman–Crippen LogP) is 4.68. The zero-order chi connectivity index (χ0) is 19.3. The summed E-state index contributed by atoms with van der Waals surface area (Å²) in [6.07, 6.45) is 2.05. The van der Waals surface area contributed by atoms with Gasteiger partial charge in [-0.3, -0.25) is 9.69 Å². The summed E-state index contributed by atoms with van der Waals surface area (Å²) >= 11 is 0. The SMILES string of the molecule is Cc1ccc(CNC(=O)C2CCCN(Cc3cccc4ccccc34)C2)cc1. The first kappa shape index (κ1) is 18.7. The van der Waals surface area contributed by atoms with Crippen molar-refractivity contribution in [1.82, 2.24) is 10.2 Å². The summed E-state index contributed by atoms with van der Waals surface area (Å²) in [7, 11) is 0. The summed E-state index contributed by atoms with van der Waals surface area (Å²) in [5, 5.41) is 5.73. The quantitative estimate of drug-likeness (QED) is 0.705. The van der Waals surface area contributed by atoms with Gasteiger partial charge in [-0.05, 0) is 48.2 Å². The predicted molar refractivity (Wildman–Crippen MR) is 115 cm³/mol. The molecule has 144 valence electrons. The molecule has 0 spiro atoms. The summed E-state index contributed by atoms with van der Waals surface area (Å²) in [4.78, 5) is 15.1. The third-order valence-corrected chi connectivity index (χ3v) is 5.74. The molecule has 28 heavy (non-hydrogen) atoms. The molecule has 1 atom stereocenters. The highest BCUT2D eigenvalue weighted by Crippen LogP contribution is 2.23. The number of hydrogen-bond donors (Lipinski definition) is 1. The molecule has 1 aliphatic rings. The van der Waals surface area contributed by atoms with E-state index in [0.29, 0.717) is 6.54 Å². The topological polar surface area (TPSA) is 32.3 Å². The minimum Gasteiger partial charge on any atom is -0.352 e. The van der Waals surface area contributed by atoms with Gasteiger partial charge in [0.05, 0.1) is 5.92 Å². The van der Waals surface area contributed by atoms with E-state index in [0.717, 1.165) is 38.0 Å². The molecule has 1 N–H and O–H groups in total. The van der Waals surface area contributed by atoms with Crippen LogP contribution in [-0.4, -0.2) is 23.9 Å². The molecule has 1 heterocycles. The van der Waals surface area contributed by atoms with Gasteiger partial charge in [0.1, 0.15) is 0 Å². The summed E-state index contributed by atoms with van der Waals surface area (Å²) in [5.74, 6) is 0.261. The molecule has 0 aromatic heterocycles. The van der Waals surface area contributed by atoms with E-state index >= 15 is 0 Å². The minimum absolute atomic E-state index is 0.0779. The number of benzene rings is 3. The molecule has 0 radical (unpaired) electrons. The Bertz CT molecular complexity index is 943. The number of aryl methyl sites for hydroxylation is 1. The van der Waals surface area contributed by atoms with Crippen molar-refractivity contribution in [3.8, 4) is 0 Å². The van der Waals surface area contributed by atoms with Gasteiger partial charge < -0.3 is 5.32 Å². The molecule has 1 aliphatic heterocycles. The Labute approximate surface area is 167 Å². The molecule has 0 bridgehead atoms. The van der Waals surface area contributed by atoms with E-state index in [1.807, 2.05) is 0 Å². The van der Waals surface area contributed by atoms with Crippen molar-refractivity contribution in [3.63, 3.8) is 0 Å². The van der Waals surface area contributed by atoms with Crippen LogP contribution >= 0.6 is 0 Å². The Morgan fingerprint density at radius 1 is 1.04 bits per heavy atom. The first-order valence-electron chi connectivity index (χ1n) is 10.2. The Morgan fingerprint density at radius 2 is 1.82 bits per heavy atom. The fraction of sp³-hybridized carbons (Fsp3) is 0.320. The average Bonchev–Trinajstić information content (AvgIpc) is 2.74. The van der Waals surface area contributed by atoms with E-state index in [1.165, 1.54) is 21.9 Å². The second-order valence-electron chi connectivity index (χ2n) is 7.92. The van der Waals surface area contributed by atoms with Crippen LogP contribution in [0.5, 0.6) is 0 Å². The molecule has 4 rings (SSSR count). The number of rotatable bonds is 5. The van der Waals surface area contributed by atoms with Gasteiger partial charge in [0.15, 0.2) is 0 Å². The van der Waals surface area contributed by atoms with E-state index in [1.54, 1.807) is 0 Å². The van der Waals surface area contributed by atoms with Crippen LogP contribution in [0.4, 0.5) is 0 Å². The lowest BCUT2D eigenvalue weighted by Gasteiger charge is -2.32. The molecular formula is C25H28N2O. The largest absolute Gasteiger partial charge is 0.352 e. The molecule has 3 aromatic rings. The monoisotopic (exact) mass is 372 g/mol. The van der Waals surface area contributed by atoms with E-state index in [4.69, 9.17) is 0 Å². The fourth-order valence-corrected chi connectivity index (χ4v) is 4.12. The van der Waals surface area contributed by atoms with Gasteiger partial charge in [-0.2, -0.15) is 0 Å². The van der Waals surface area contributed by atoms with Crippen molar-refractivity contribution >= 4 is 16.7 Å². The number of carbonyl (C=O) groups excluding carboxylic acids is 1. The first-order valence-corrected chi connectivity index (χ1v) is 10.2. The smallest absolute Gasteiger partial charge is 0.224 e. The number of nitrogens with one attached hydrogen (secondary N) is 1. The molecule has 0 aliphatic carbocycles. The Morgan fingerprint density at radius 3 is 2.68 bits per heavy atom. The van der Waals surface area contributed by atoms with Crippen LogP contribution in [0, 0.1) is 12.8 Å². The average molecular weight is 373 g/mol. The highest BCUT2D eigenvalue weighted by atomic mass is 16.1. The number of fused-ring (bicyclic) bond motifs is 1. The molecule has 1 unspecified atom stereocenters. The normalized spacial score (nSPS) is 17.5. The molecule has 3 nitrogen and oxygen atoms in total. The number of likely N-dealkylation sites (tertiary alicyclic amines) is 1. The molecule has 1 saturated heterocycles. The first-order chi connectivity index (χ1) is 13.7. The Kier molecular flexibility index (Phi) is 5.73. The van der Waals surface area contributed by atoms with Gasteiger partial charge >= 0.3 is 0 Å². The summed E-state index contributed by atoms with van der Waals surface area (Å²) < 4.78 is 0. The van der Waals surface area contributed by atoms with Crippen LogP contribution in [0.1, 0.15) is 29.5 Å². The fourth-order valence-electron chi connectivity index (χ4n) is 4.12. The molecule has 0 saturated carbocycles. The van der Waals surface area contributed by atoms with Gasteiger partial charge in [-0.15, -0.1) is 0 Å². The number of amides is 1. The van der Waals surface area contributed by atoms with E-state index in [2.05, 4.69) is 83.9 Å². The lowest BCUT2D eigenvalue weighted by molar-refractivity contribution is -0.126. The number of nitrogens with zero attached hydrogens (tertiary/aromatic N) is 1. The third-order valence-electron chi connectivity index (χ3n) is 5.74. The van der Waals surface area contributed by atoms with Gasteiger partial charge in [0.25, 0.3) is 0 Å². The molecule has 3 aromatic carbocycles. The molecule has 3 heteroatoms. The maximum atomic E-state index is 12.7. The number of hydrogen-bond acceptors (Lipinski definition) is 2. The molecule has 1 fully saturated rings. The van der Waals surface area contributed by atoms with Gasteiger partial charge in [0, 0.05) is 19.6 Å². The van der Waals surface area contributed by atoms with Crippen molar-refractivity contribution in [2.24, 2.45) is 5.92 Å². The minimum atomic E-state index is 0.0779. The zero-order valence-electron chi connectivity index (χ0n) is 16.5. The standard InChI is InChI=1S/C25H28N2O/c1-19-11-13-20(14-12-19)16-26-25(28)23-9-5-15-27(18-23)17-22-8-4-7-21-6-2-3-10-24(21)22/h2-4,6-8,10-14,23H,5,9,15-18H2,1H3,(H,26,28). The van der Waals surface area contributed by atoms with Crippen LogP contribution in [0.15, 0.2) is 66.7 Å². The number of carbonyl (C=O) groups is 1.